The largest absolute Gasteiger partial charge is 0.497 e. The smallest absolute Gasteiger partial charge is 0.227 e. The van der Waals surface area contributed by atoms with Gasteiger partial charge in [0, 0.05) is 41.9 Å². The number of hydrogen-bond donors (Lipinski definition) is 2. The molecule has 1 aliphatic rings. The van der Waals surface area contributed by atoms with E-state index in [1.165, 1.54) is 0 Å². The van der Waals surface area contributed by atoms with E-state index in [0.29, 0.717) is 12.5 Å². The van der Waals surface area contributed by atoms with Crippen LogP contribution in [0.5, 0.6) is 5.75 Å². The van der Waals surface area contributed by atoms with Crippen LogP contribution in [0.15, 0.2) is 54.7 Å². The molecule has 5 heteroatoms. The van der Waals surface area contributed by atoms with Gasteiger partial charge in [0.15, 0.2) is 0 Å². The molecule has 0 unspecified atom stereocenters. The fraction of sp³-hybridized carbons (Fsp3) is 0.318. The van der Waals surface area contributed by atoms with Crippen LogP contribution in [-0.4, -0.2) is 42.0 Å². The highest BCUT2D eigenvalue weighted by Crippen LogP contribution is 2.25. The number of hydrogen-bond acceptors (Lipinski definition) is 3. The van der Waals surface area contributed by atoms with Crippen molar-refractivity contribution in [3.63, 3.8) is 0 Å². The quantitative estimate of drug-likeness (QED) is 0.724. The summed E-state index contributed by atoms with van der Waals surface area (Å²) < 4.78 is 5.31. The first-order chi connectivity index (χ1) is 13.2. The first-order valence-electron chi connectivity index (χ1n) is 9.46. The van der Waals surface area contributed by atoms with E-state index in [1.54, 1.807) is 7.11 Å². The number of fused-ring (bicyclic) bond motifs is 1. The second kappa shape index (κ2) is 7.74. The van der Waals surface area contributed by atoms with E-state index < -0.39 is 0 Å². The zero-order valence-corrected chi connectivity index (χ0v) is 15.6. The molecule has 1 aliphatic heterocycles. The highest BCUT2D eigenvalue weighted by Gasteiger charge is 2.23. The molecule has 27 heavy (non-hydrogen) atoms. The Hall–Kier alpha value is -2.95. The van der Waals surface area contributed by atoms with Crippen LogP contribution in [0.25, 0.3) is 10.9 Å². The Morgan fingerprint density at radius 2 is 1.96 bits per heavy atom. The number of methoxy groups -OCH3 is 1. The number of carbonyl (C=O) groups excluding carboxylic acids is 1. The number of anilines is 1. The van der Waals surface area contributed by atoms with Crippen LogP contribution >= 0.6 is 0 Å². The van der Waals surface area contributed by atoms with E-state index in [9.17, 15) is 4.79 Å². The predicted molar refractivity (Wildman–Crippen MR) is 108 cm³/mol. The minimum absolute atomic E-state index is 0.192. The van der Waals surface area contributed by atoms with Gasteiger partial charge in [0.1, 0.15) is 5.75 Å². The first-order valence-corrected chi connectivity index (χ1v) is 9.46. The third kappa shape index (κ3) is 3.92. The van der Waals surface area contributed by atoms with Crippen LogP contribution in [0, 0.1) is 0 Å². The maximum Gasteiger partial charge on any atom is 0.227 e. The molecular formula is C22H25N3O2. The van der Waals surface area contributed by atoms with Gasteiger partial charge < -0.3 is 19.9 Å². The lowest BCUT2D eigenvalue weighted by molar-refractivity contribution is -0.131. The van der Waals surface area contributed by atoms with Gasteiger partial charge in [0.2, 0.25) is 5.91 Å². The van der Waals surface area contributed by atoms with Gasteiger partial charge in [-0.05, 0) is 48.7 Å². The van der Waals surface area contributed by atoms with E-state index >= 15 is 0 Å². The number of para-hydroxylation sites is 1. The number of nitrogens with zero attached hydrogens (tertiary/aromatic N) is 1. The molecule has 0 radical (unpaired) electrons. The van der Waals surface area contributed by atoms with E-state index in [1.807, 2.05) is 47.5 Å². The van der Waals surface area contributed by atoms with Crippen molar-refractivity contribution in [3.8, 4) is 5.75 Å². The molecule has 1 aromatic heterocycles. The molecule has 1 saturated heterocycles. The molecule has 1 amide bonds. The minimum Gasteiger partial charge on any atom is -0.497 e. The molecule has 0 aliphatic carbocycles. The molecule has 5 nitrogen and oxygen atoms in total. The molecule has 2 N–H and O–H groups in total. The Kier molecular flexibility index (Phi) is 5.01. The predicted octanol–water partition coefficient (Wildman–Crippen LogP) is 3.82. The lowest BCUT2D eigenvalue weighted by Crippen LogP contribution is -2.43. The van der Waals surface area contributed by atoms with Gasteiger partial charge in [-0.1, -0.05) is 18.2 Å². The van der Waals surface area contributed by atoms with Crippen LogP contribution in [0.1, 0.15) is 18.4 Å². The molecule has 4 rings (SSSR count). The fourth-order valence-electron chi connectivity index (χ4n) is 3.75. The normalized spacial score (nSPS) is 15.1. The highest BCUT2D eigenvalue weighted by molar-refractivity contribution is 5.89. The highest BCUT2D eigenvalue weighted by atomic mass is 16.5. The Morgan fingerprint density at radius 1 is 1.19 bits per heavy atom. The van der Waals surface area contributed by atoms with E-state index in [2.05, 4.69) is 22.4 Å². The molecule has 3 aromatic rings. The summed E-state index contributed by atoms with van der Waals surface area (Å²) in [6.45, 7) is 1.60. The van der Waals surface area contributed by atoms with Gasteiger partial charge in [-0.2, -0.15) is 0 Å². The number of aromatic amines is 1. The molecule has 2 heterocycles. The summed E-state index contributed by atoms with van der Waals surface area (Å²) in [6, 6.07) is 16.6. The summed E-state index contributed by atoms with van der Waals surface area (Å²) in [5.41, 5.74) is 3.21. The second-order valence-corrected chi connectivity index (χ2v) is 7.07. The Labute approximate surface area is 159 Å². The monoisotopic (exact) mass is 363 g/mol. The van der Waals surface area contributed by atoms with Crippen molar-refractivity contribution in [2.45, 2.75) is 25.3 Å². The second-order valence-electron chi connectivity index (χ2n) is 7.07. The van der Waals surface area contributed by atoms with Gasteiger partial charge in [-0.25, -0.2) is 0 Å². The lowest BCUT2D eigenvalue weighted by Gasteiger charge is -2.33. The van der Waals surface area contributed by atoms with Crippen LogP contribution in [0.4, 0.5) is 5.69 Å². The molecule has 1 fully saturated rings. The molecule has 140 valence electrons. The number of benzene rings is 2. The number of nitrogens with one attached hydrogen (secondary N) is 2. The minimum atomic E-state index is 0.192. The van der Waals surface area contributed by atoms with Crippen LogP contribution in [0.3, 0.4) is 0 Å². The summed E-state index contributed by atoms with van der Waals surface area (Å²) >= 11 is 0. The summed E-state index contributed by atoms with van der Waals surface area (Å²) in [7, 11) is 1.66. The number of amides is 1. The van der Waals surface area contributed by atoms with Crippen LogP contribution in [-0.2, 0) is 11.2 Å². The zero-order chi connectivity index (χ0) is 18.6. The average molecular weight is 363 g/mol. The van der Waals surface area contributed by atoms with Crippen molar-refractivity contribution in [1.29, 1.82) is 0 Å². The van der Waals surface area contributed by atoms with Crippen LogP contribution in [0.2, 0.25) is 0 Å². The molecule has 0 spiro atoms. The van der Waals surface area contributed by atoms with Gasteiger partial charge in [0.25, 0.3) is 0 Å². The summed E-state index contributed by atoms with van der Waals surface area (Å²) in [6.07, 6.45) is 4.31. The number of H-pyrrole nitrogens is 1. The SMILES string of the molecule is COc1ccc2[nH]cc(CC(=O)N3CCC(Nc4ccccc4)CC3)c2c1. The van der Waals surface area contributed by atoms with Crippen molar-refractivity contribution in [2.24, 2.45) is 0 Å². The number of ether oxygens (including phenoxy) is 1. The van der Waals surface area contributed by atoms with E-state index in [4.69, 9.17) is 4.74 Å². The third-order valence-corrected chi connectivity index (χ3v) is 5.31. The Balaban J connectivity index is 1.36. The Morgan fingerprint density at radius 3 is 2.70 bits per heavy atom. The molecule has 0 saturated carbocycles. The maximum atomic E-state index is 12.8. The molecule has 0 atom stereocenters. The van der Waals surface area contributed by atoms with E-state index in [0.717, 1.165) is 53.8 Å². The van der Waals surface area contributed by atoms with Gasteiger partial charge in [0.05, 0.1) is 13.5 Å². The first kappa shape index (κ1) is 17.5. The van der Waals surface area contributed by atoms with Crippen molar-refractivity contribution < 1.29 is 9.53 Å². The summed E-state index contributed by atoms with van der Waals surface area (Å²) in [5.74, 6) is 1.00. The molecule has 0 bridgehead atoms. The van der Waals surface area contributed by atoms with Gasteiger partial charge >= 0.3 is 0 Å². The number of carbonyl (C=O) groups is 1. The van der Waals surface area contributed by atoms with Crippen LogP contribution < -0.4 is 10.1 Å². The van der Waals surface area contributed by atoms with Crippen molar-refractivity contribution in [3.05, 3.63) is 60.3 Å². The fourth-order valence-corrected chi connectivity index (χ4v) is 3.75. The number of likely N-dealkylation sites (tertiary alicyclic amines) is 1. The molecule has 2 aromatic carbocycles. The summed E-state index contributed by atoms with van der Waals surface area (Å²) in [5, 5.41) is 4.62. The third-order valence-electron chi connectivity index (χ3n) is 5.31. The number of aromatic nitrogens is 1. The zero-order valence-electron chi connectivity index (χ0n) is 15.6. The van der Waals surface area contributed by atoms with Crippen molar-refractivity contribution in [1.82, 2.24) is 9.88 Å². The molecular weight excluding hydrogens is 338 g/mol. The van der Waals surface area contributed by atoms with Crippen molar-refractivity contribution in [2.75, 3.05) is 25.5 Å². The Bertz CT molecular complexity index is 912. The lowest BCUT2D eigenvalue weighted by atomic mass is 10.0. The van der Waals surface area contributed by atoms with Gasteiger partial charge in [-0.3, -0.25) is 4.79 Å². The summed E-state index contributed by atoms with van der Waals surface area (Å²) in [4.78, 5) is 18.0. The average Bonchev–Trinajstić information content (AvgIpc) is 3.11. The number of piperidine rings is 1. The van der Waals surface area contributed by atoms with Gasteiger partial charge in [-0.15, -0.1) is 0 Å². The standard InChI is InChI=1S/C22H25N3O2/c1-27-19-7-8-21-20(14-19)16(15-23-21)13-22(26)25-11-9-18(10-12-25)24-17-5-3-2-4-6-17/h2-8,14-15,18,23-24H,9-13H2,1H3. The van der Waals surface area contributed by atoms with Crippen molar-refractivity contribution >= 4 is 22.5 Å². The topological polar surface area (TPSA) is 57.4 Å². The number of rotatable bonds is 5. The maximum absolute atomic E-state index is 12.8. The van der Waals surface area contributed by atoms with E-state index in [-0.39, 0.29) is 5.91 Å².